The molecule has 0 aliphatic carbocycles. The third kappa shape index (κ3) is 4.80. The summed E-state index contributed by atoms with van der Waals surface area (Å²) in [6.07, 6.45) is 2.58. The molecular formula is C19H27N5OS. The van der Waals surface area contributed by atoms with Gasteiger partial charge in [-0.25, -0.2) is 0 Å². The number of hydrogen-bond acceptors (Lipinski definition) is 4. The van der Waals surface area contributed by atoms with Crippen molar-refractivity contribution in [1.29, 1.82) is 0 Å². The van der Waals surface area contributed by atoms with Crippen LogP contribution in [0, 0.1) is 17.6 Å². The number of nitrogens with one attached hydrogen (secondary N) is 2. The highest BCUT2D eigenvalue weighted by molar-refractivity contribution is 7.71. The zero-order valence-electron chi connectivity index (χ0n) is 15.5. The van der Waals surface area contributed by atoms with Crippen molar-refractivity contribution in [2.24, 2.45) is 5.92 Å². The van der Waals surface area contributed by atoms with E-state index in [2.05, 4.69) is 27.3 Å². The van der Waals surface area contributed by atoms with Gasteiger partial charge in [-0.2, -0.15) is 5.10 Å². The largest absolute Gasteiger partial charge is 0.354 e. The molecule has 1 unspecified atom stereocenters. The molecule has 1 aliphatic heterocycles. The Balaban J connectivity index is 1.59. The molecule has 0 radical (unpaired) electrons. The third-order valence-electron chi connectivity index (χ3n) is 4.75. The summed E-state index contributed by atoms with van der Waals surface area (Å²) in [5.41, 5.74) is 2.09. The Bertz CT molecular complexity index is 806. The molecule has 3 rings (SSSR count). The average Bonchev–Trinajstić information content (AvgIpc) is 3.24. The Hall–Kier alpha value is -1.99. The van der Waals surface area contributed by atoms with Crippen LogP contribution in [0.2, 0.25) is 0 Å². The number of carbonyl (C=O) groups is 1. The fourth-order valence-electron chi connectivity index (χ4n) is 3.43. The predicted molar refractivity (Wildman–Crippen MR) is 105 cm³/mol. The molecule has 26 heavy (non-hydrogen) atoms. The number of aryl methyl sites for hydroxylation is 1. The number of carbonyl (C=O) groups excluding carboxylic acids is 1. The first kappa shape index (κ1) is 18.8. The Morgan fingerprint density at radius 2 is 2.15 bits per heavy atom. The SMILES string of the molecule is Cc1cccc(-c2n[nH]c(=S)n2CC(=O)NCC(C)CN2CCCC2)c1. The Morgan fingerprint density at radius 3 is 2.88 bits per heavy atom. The molecule has 1 aromatic heterocycles. The van der Waals surface area contributed by atoms with Crippen LogP contribution in [-0.4, -0.2) is 51.8 Å². The van der Waals surface area contributed by atoms with Gasteiger partial charge in [-0.3, -0.25) is 14.5 Å². The Morgan fingerprint density at radius 1 is 1.38 bits per heavy atom. The number of hydrogen-bond donors (Lipinski definition) is 2. The normalized spacial score (nSPS) is 15.9. The lowest BCUT2D eigenvalue weighted by molar-refractivity contribution is -0.121. The minimum atomic E-state index is -0.0373. The van der Waals surface area contributed by atoms with Gasteiger partial charge in [-0.05, 0) is 57.1 Å². The Kier molecular flexibility index (Phi) is 6.21. The summed E-state index contributed by atoms with van der Waals surface area (Å²) in [4.78, 5) is 14.9. The summed E-state index contributed by atoms with van der Waals surface area (Å²) in [5, 5.41) is 10.1. The van der Waals surface area contributed by atoms with Gasteiger partial charge in [0.2, 0.25) is 5.91 Å². The molecule has 1 aliphatic rings. The quantitative estimate of drug-likeness (QED) is 0.733. The zero-order valence-corrected chi connectivity index (χ0v) is 16.3. The minimum Gasteiger partial charge on any atom is -0.354 e. The first-order valence-electron chi connectivity index (χ1n) is 9.24. The van der Waals surface area contributed by atoms with E-state index in [4.69, 9.17) is 12.2 Å². The summed E-state index contributed by atoms with van der Waals surface area (Å²) in [6, 6.07) is 8.03. The summed E-state index contributed by atoms with van der Waals surface area (Å²) in [5.74, 6) is 1.09. The first-order chi connectivity index (χ1) is 12.5. The topological polar surface area (TPSA) is 66.0 Å². The molecular weight excluding hydrogens is 346 g/mol. The second-order valence-corrected chi connectivity index (χ2v) is 7.61. The summed E-state index contributed by atoms with van der Waals surface area (Å²) in [6.45, 7) is 8.48. The maximum Gasteiger partial charge on any atom is 0.240 e. The van der Waals surface area contributed by atoms with Gasteiger partial charge in [-0.1, -0.05) is 30.7 Å². The van der Waals surface area contributed by atoms with Crippen LogP contribution in [-0.2, 0) is 11.3 Å². The monoisotopic (exact) mass is 373 g/mol. The number of likely N-dealkylation sites (tertiary alicyclic amines) is 1. The molecule has 2 heterocycles. The van der Waals surface area contributed by atoms with Crippen molar-refractivity contribution in [3.8, 4) is 11.4 Å². The molecule has 7 heteroatoms. The first-order valence-corrected chi connectivity index (χ1v) is 9.65. The average molecular weight is 374 g/mol. The van der Waals surface area contributed by atoms with E-state index < -0.39 is 0 Å². The van der Waals surface area contributed by atoms with Gasteiger partial charge in [0, 0.05) is 18.7 Å². The second-order valence-electron chi connectivity index (χ2n) is 7.22. The van der Waals surface area contributed by atoms with Gasteiger partial charge in [0.05, 0.1) is 0 Å². The van der Waals surface area contributed by atoms with Crippen molar-refractivity contribution >= 4 is 18.1 Å². The molecule has 0 bridgehead atoms. The highest BCUT2D eigenvalue weighted by Gasteiger charge is 2.16. The number of H-pyrrole nitrogens is 1. The van der Waals surface area contributed by atoms with Crippen LogP contribution in [0.5, 0.6) is 0 Å². The molecule has 1 amide bonds. The second kappa shape index (κ2) is 8.60. The van der Waals surface area contributed by atoms with E-state index in [1.165, 1.54) is 25.9 Å². The lowest BCUT2D eigenvalue weighted by atomic mass is 10.1. The Labute approximate surface area is 159 Å². The van der Waals surface area contributed by atoms with E-state index >= 15 is 0 Å². The number of benzene rings is 1. The van der Waals surface area contributed by atoms with Crippen molar-refractivity contribution in [2.75, 3.05) is 26.2 Å². The summed E-state index contributed by atoms with van der Waals surface area (Å²) >= 11 is 5.31. The van der Waals surface area contributed by atoms with Crippen LogP contribution in [0.4, 0.5) is 0 Å². The molecule has 1 fully saturated rings. The molecule has 140 valence electrons. The van der Waals surface area contributed by atoms with E-state index in [0.29, 0.717) is 23.1 Å². The maximum atomic E-state index is 12.4. The summed E-state index contributed by atoms with van der Waals surface area (Å²) < 4.78 is 2.21. The molecule has 1 atom stereocenters. The van der Waals surface area contributed by atoms with E-state index in [9.17, 15) is 4.79 Å². The zero-order chi connectivity index (χ0) is 18.5. The molecule has 1 aromatic carbocycles. The van der Waals surface area contributed by atoms with Gasteiger partial charge >= 0.3 is 0 Å². The molecule has 1 saturated heterocycles. The fraction of sp³-hybridized carbons (Fsp3) is 0.526. The number of nitrogens with zero attached hydrogens (tertiary/aromatic N) is 3. The molecule has 0 saturated carbocycles. The van der Waals surface area contributed by atoms with Crippen molar-refractivity contribution < 1.29 is 4.79 Å². The van der Waals surface area contributed by atoms with E-state index in [1.54, 1.807) is 4.57 Å². The van der Waals surface area contributed by atoms with Crippen LogP contribution >= 0.6 is 12.2 Å². The third-order valence-corrected chi connectivity index (χ3v) is 5.06. The maximum absolute atomic E-state index is 12.4. The predicted octanol–water partition coefficient (Wildman–Crippen LogP) is 2.76. The van der Waals surface area contributed by atoms with Gasteiger partial charge in [0.25, 0.3) is 0 Å². The van der Waals surface area contributed by atoms with Crippen LogP contribution < -0.4 is 5.32 Å². The highest BCUT2D eigenvalue weighted by Crippen LogP contribution is 2.18. The highest BCUT2D eigenvalue weighted by atomic mass is 32.1. The van der Waals surface area contributed by atoms with E-state index in [-0.39, 0.29) is 12.5 Å². The van der Waals surface area contributed by atoms with Crippen LogP contribution in [0.1, 0.15) is 25.3 Å². The van der Waals surface area contributed by atoms with Gasteiger partial charge < -0.3 is 10.2 Å². The van der Waals surface area contributed by atoms with Gasteiger partial charge in [0.15, 0.2) is 10.6 Å². The number of aromatic amines is 1. The van der Waals surface area contributed by atoms with Gasteiger partial charge in [-0.15, -0.1) is 0 Å². The van der Waals surface area contributed by atoms with E-state index in [0.717, 1.165) is 17.7 Å². The van der Waals surface area contributed by atoms with Gasteiger partial charge in [0.1, 0.15) is 6.54 Å². The van der Waals surface area contributed by atoms with Crippen LogP contribution in [0.15, 0.2) is 24.3 Å². The molecule has 2 aromatic rings. The molecule has 0 spiro atoms. The van der Waals surface area contributed by atoms with Crippen LogP contribution in [0.25, 0.3) is 11.4 Å². The van der Waals surface area contributed by atoms with Crippen molar-refractivity contribution in [2.45, 2.75) is 33.2 Å². The number of rotatable bonds is 7. The standard InChI is InChI=1S/C19H27N5OS/c1-14-6-5-7-16(10-14)18-21-22-19(26)24(18)13-17(25)20-11-15(2)12-23-8-3-4-9-23/h5-7,10,15H,3-4,8-9,11-13H2,1-2H3,(H,20,25)(H,22,26). The molecule has 6 nitrogen and oxygen atoms in total. The lowest BCUT2D eigenvalue weighted by Crippen LogP contribution is -2.36. The summed E-state index contributed by atoms with van der Waals surface area (Å²) in [7, 11) is 0. The smallest absolute Gasteiger partial charge is 0.240 e. The number of aromatic nitrogens is 3. The van der Waals surface area contributed by atoms with E-state index in [1.807, 2.05) is 31.2 Å². The fourth-order valence-corrected chi connectivity index (χ4v) is 3.62. The lowest BCUT2D eigenvalue weighted by Gasteiger charge is -2.20. The van der Waals surface area contributed by atoms with Crippen molar-refractivity contribution in [3.63, 3.8) is 0 Å². The molecule has 2 N–H and O–H groups in total. The minimum absolute atomic E-state index is 0.0373. The van der Waals surface area contributed by atoms with Crippen LogP contribution in [0.3, 0.4) is 0 Å². The van der Waals surface area contributed by atoms with Crippen molar-refractivity contribution in [3.05, 3.63) is 34.6 Å². The van der Waals surface area contributed by atoms with Crippen molar-refractivity contribution in [1.82, 2.24) is 25.0 Å². The number of amides is 1.